The van der Waals surface area contributed by atoms with E-state index in [1.807, 2.05) is 24.8 Å². The van der Waals surface area contributed by atoms with Gasteiger partial charge in [0.05, 0.1) is 4.90 Å². The van der Waals surface area contributed by atoms with Crippen molar-refractivity contribution < 1.29 is 8.42 Å². The summed E-state index contributed by atoms with van der Waals surface area (Å²) in [5.74, 6) is 1.11. The molecule has 1 aromatic rings. The van der Waals surface area contributed by atoms with E-state index in [1.54, 1.807) is 18.2 Å². The Labute approximate surface area is 125 Å². The summed E-state index contributed by atoms with van der Waals surface area (Å²) in [6, 6.07) is 6.67. The summed E-state index contributed by atoms with van der Waals surface area (Å²) in [7, 11) is -3.46. The van der Waals surface area contributed by atoms with Crippen LogP contribution in [0, 0.1) is 0 Å². The smallest absolute Gasteiger partial charge is 0.240 e. The normalized spacial score (nSPS) is 24.8. The van der Waals surface area contributed by atoms with E-state index in [4.69, 9.17) is 5.73 Å². The number of thioether (sulfide) groups is 1. The largest absolute Gasteiger partial charge is 0.324 e. The van der Waals surface area contributed by atoms with Crippen LogP contribution in [0.3, 0.4) is 0 Å². The van der Waals surface area contributed by atoms with Gasteiger partial charge in [-0.2, -0.15) is 11.8 Å². The van der Waals surface area contributed by atoms with Crippen LogP contribution in [0.4, 0.5) is 0 Å². The molecular weight excluding hydrogens is 292 g/mol. The van der Waals surface area contributed by atoms with Crippen molar-refractivity contribution in [2.45, 2.75) is 42.4 Å². The van der Waals surface area contributed by atoms with Gasteiger partial charge < -0.3 is 5.73 Å². The molecule has 0 amide bonds. The molecular formula is C14H22N2O2S2. The maximum Gasteiger partial charge on any atom is 0.240 e. The molecule has 1 aliphatic rings. The fraction of sp³-hybridized carbons (Fsp3) is 0.571. The highest BCUT2D eigenvalue weighted by atomic mass is 32.2. The fourth-order valence-corrected chi connectivity index (χ4v) is 4.83. The van der Waals surface area contributed by atoms with Crippen LogP contribution in [0.1, 0.15) is 38.3 Å². The fourth-order valence-electron chi connectivity index (χ4n) is 2.27. The Bertz CT molecular complexity index is 564. The van der Waals surface area contributed by atoms with Gasteiger partial charge in [0.15, 0.2) is 0 Å². The maximum atomic E-state index is 12.3. The van der Waals surface area contributed by atoms with Gasteiger partial charge in [0.2, 0.25) is 10.0 Å². The van der Waals surface area contributed by atoms with E-state index in [0.29, 0.717) is 11.4 Å². The molecule has 2 unspecified atom stereocenters. The van der Waals surface area contributed by atoms with Gasteiger partial charge in [0.25, 0.3) is 0 Å². The van der Waals surface area contributed by atoms with Crippen molar-refractivity contribution >= 4 is 21.8 Å². The highest BCUT2D eigenvalue weighted by Crippen LogP contribution is 2.37. The average Bonchev–Trinajstić information content (AvgIpc) is 2.84. The third kappa shape index (κ3) is 3.75. The van der Waals surface area contributed by atoms with E-state index in [-0.39, 0.29) is 10.8 Å². The average molecular weight is 314 g/mol. The molecule has 0 bridgehead atoms. The molecule has 1 aromatic carbocycles. The van der Waals surface area contributed by atoms with Crippen molar-refractivity contribution in [3.63, 3.8) is 0 Å². The van der Waals surface area contributed by atoms with E-state index in [2.05, 4.69) is 11.6 Å². The lowest BCUT2D eigenvalue weighted by Gasteiger charge is -2.22. The van der Waals surface area contributed by atoms with Crippen molar-refractivity contribution in [3.8, 4) is 0 Å². The molecule has 0 saturated carbocycles. The Hall–Kier alpha value is -0.560. The first-order valence-electron chi connectivity index (χ1n) is 6.82. The zero-order chi connectivity index (χ0) is 14.8. The van der Waals surface area contributed by atoms with Crippen molar-refractivity contribution in [1.82, 2.24) is 4.72 Å². The molecule has 3 N–H and O–H groups in total. The number of sulfonamides is 1. The van der Waals surface area contributed by atoms with Gasteiger partial charge in [-0.3, -0.25) is 0 Å². The Morgan fingerprint density at radius 3 is 2.85 bits per heavy atom. The van der Waals surface area contributed by atoms with Crippen molar-refractivity contribution in [2.24, 2.45) is 5.73 Å². The Kier molecular flexibility index (Phi) is 4.79. The van der Waals surface area contributed by atoms with Gasteiger partial charge in [-0.05, 0) is 50.1 Å². The zero-order valence-electron chi connectivity index (χ0n) is 11.9. The van der Waals surface area contributed by atoms with Crippen LogP contribution in [-0.2, 0) is 10.0 Å². The minimum Gasteiger partial charge on any atom is -0.324 e. The van der Waals surface area contributed by atoms with E-state index in [1.165, 1.54) is 0 Å². The molecule has 1 heterocycles. The minimum atomic E-state index is -3.46. The SMILES string of the molecule is CC(N)c1cccc(S(=O)(=O)NCC2(C)CCCS2)c1. The summed E-state index contributed by atoms with van der Waals surface area (Å²) in [5.41, 5.74) is 6.63. The van der Waals surface area contributed by atoms with Crippen molar-refractivity contribution in [3.05, 3.63) is 29.8 Å². The Balaban J connectivity index is 2.12. The molecule has 1 saturated heterocycles. The Morgan fingerprint density at radius 2 is 2.25 bits per heavy atom. The second kappa shape index (κ2) is 6.05. The molecule has 0 spiro atoms. The summed E-state index contributed by atoms with van der Waals surface area (Å²) in [5, 5.41) is 0. The minimum absolute atomic E-state index is 0.0197. The number of hydrogen-bond acceptors (Lipinski definition) is 4. The van der Waals surface area contributed by atoms with Crippen LogP contribution in [0.15, 0.2) is 29.2 Å². The standard InChI is InChI=1S/C14H22N2O2S2/c1-11(15)12-5-3-6-13(9-12)20(17,18)16-10-14(2)7-4-8-19-14/h3,5-6,9,11,16H,4,7-8,10,15H2,1-2H3. The second-order valence-electron chi connectivity index (χ2n) is 5.59. The third-order valence-electron chi connectivity index (χ3n) is 3.63. The predicted molar refractivity (Wildman–Crippen MR) is 84.3 cm³/mol. The highest BCUT2D eigenvalue weighted by molar-refractivity contribution is 8.01. The number of nitrogens with one attached hydrogen (secondary N) is 1. The van der Waals surface area contributed by atoms with E-state index < -0.39 is 10.0 Å². The monoisotopic (exact) mass is 314 g/mol. The first-order chi connectivity index (χ1) is 9.32. The van der Waals surface area contributed by atoms with Crippen LogP contribution < -0.4 is 10.5 Å². The van der Waals surface area contributed by atoms with E-state index in [0.717, 1.165) is 24.2 Å². The lowest BCUT2D eigenvalue weighted by molar-refractivity contribution is 0.552. The summed E-state index contributed by atoms with van der Waals surface area (Å²) in [6.45, 7) is 4.43. The third-order valence-corrected chi connectivity index (χ3v) is 6.57. The van der Waals surface area contributed by atoms with Crippen LogP contribution >= 0.6 is 11.8 Å². The molecule has 0 aromatic heterocycles. The quantitative estimate of drug-likeness (QED) is 0.874. The van der Waals surface area contributed by atoms with Crippen LogP contribution in [-0.4, -0.2) is 25.5 Å². The molecule has 112 valence electrons. The molecule has 2 atom stereocenters. The lowest BCUT2D eigenvalue weighted by Crippen LogP contribution is -2.36. The van der Waals surface area contributed by atoms with Crippen LogP contribution in [0.25, 0.3) is 0 Å². The van der Waals surface area contributed by atoms with Gasteiger partial charge in [0, 0.05) is 17.3 Å². The topological polar surface area (TPSA) is 72.2 Å². The predicted octanol–water partition coefficient (Wildman–Crippen LogP) is 2.27. The van der Waals surface area contributed by atoms with Crippen molar-refractivity contribution in [2.75, 3.05) is 12.3 Å². The van der Waals surface area contributed by atoms with Gasteiger partial charge in [-0.25, -0.2) is 13.1 Å². The molecule has 20 heavy (non-hydrogen) atoms. The van der Waals surface area contributed by atoms with E-state index >= 15 is 0 Å². The summed E-state index contributed by atoms with van der Waals surface area (Å²) in [6.07, 6.45) is 2.21. The molecule has 1 fully saturated rings. The van der Waals surface area contributed by atoms with Gasteiger partial charge in [0.1, 0.15) is 0 Å². The summed E-state index contributed by atoms with van der Waals surface area (Å²) < 4.78 is 27.4. The molecule has 2 rings (SSSR count). The first-order valence-corrected chi connectivity index (χ1v) is 9.28. The number of rotatable bonds is 5. The highest BCUT2D eigenvalue weighted by Gasteiger charge is 2.31. The lowest BCUT2D eigenvalue weighted by atomic mass is 10.1. The Morgan fingerprint density at radius 1 is 1.50 bits per heavy atom. The molecule has 4 nitrogen and oxygen atoms in total. The summed E-state index contributed by atoms with van der Waals surface area (Å²) >= 11 is 1.84. The van der Waals surface area contributed by atoms with Gasteiger partial charge in [-0.15, -0.1) is 0 Å². The van der Waals surface area contributed by atoms with Crippen molar-refractivity contribution in [1.29, 1.82) is 0 Å². The maximum absolute atomic E-state index is 12.3. The number of hydrogen-bond donors (Lipinski definition) is 2. The summed E-state index contributed by atoms with van der Waals surface area (Å²) in [4.78, 5) is 0.291. The van der Waals surface area contributed by atoms with Crippen LogP contribution in [0.5, 0.6) is 0 Å². The number of nitrogens with two attached hydrogens (primary N) is 1. The molecule has 0 aliphatic carbocycles. The van der Waals surface area contributed by atoms with E-state index in [9.17, 15) is 8.42 Å². The number of benzene rings is 1. The zero-order valence-corrected chi connectivity index (χ0v) is 13.6. The molecule has 6 heteroatoms. The van der Waals surface area contributed by atoms with Gasteiger partial charge >= 0.3 is 0 Å². The molecule has 1 aliphatic heterocycles. The van der Waals surface area contributed by atoms with Crippen LogP contribution in [0.2, 0.25) is 0 Å². The van der Waals surface area contributed by atoms with Gasteiger partial charge in [-0.1, -0.05) is 12.1 Å². The first kappa shape index (κ1) is 15.8. The second-order valence-corrected chi connectivity index (χ2v) is 9.04. The molecule has 0 radical (unpaired) electrons.